The fraction of sp³-hybridized carbons (Fsp3) is 0.133. The fourth-order valence-electron chi connectivity index (χ4n) is 1.89. The summed E-state index contributed by atoms with van der Waals surface area (Å²) in [6.07, 6.45) is 0. The average molecular weight is 337 g/mol. The van der Waals surface area contributed by atoms with E-state index in [0.717, 1.165) is 4.47 Å². The molecule has 0 fully saturated rings. The van der Waals surface area contributed by atoms with Crippen molar-refractivity contribution < 1.29 is 9.18 Å². The van der Waals surface area contributed by atoms with Crippen molar-refractivity contribution in [1.29, 1.82) is 0 Å². The van der Waals surface area contributed by atoms with Gasteiger partial charge in [-0.15, -0.1) is 0 Å². The molecule has 0 saturated carbocycles. The molecular formula is C15H14BrFN2O. The third-order valence-corrected chi connectivity index (χ3v) is 3.45. The first-order valence-corrected chi connectivity index (χ1v) is 6.82. The number of carbonyl (C=O) groups excluding carboxylic acids is 1. The van der Waals surface area contributed by atoms with Gasteiger partial charge in [-0.2, -0.15) is 0 Å². The highest BCUT2D eigenvalue weighted by Crippen LogP contribution is 2.20. The molecule has 0 aliphatic heterocycles. The van der Waals surface area contributed by atoms with Crippen molar-refractivity contribution in [2.45, 2.75) is 6.54 Å². The van der Waals surface area contributed by atoms with E-state index in [-0.39, 0.29) is 18.3 Å². The lowest BCUT2D eigenvalue weighted by atomic mass is 10.1. The van der Waals surface area contributed by atoms with Crippen molar-refractivity contribution >= 4 is 27.5 Å². The summed E-state index contributed by atoms with van der Waals surface area (Å²) < 4.78 is 14.4. The zero-order chi connectivity index (χ0) is 14.7. The molecule has 104 valence electrons. The van der Waals surface area contributed by atoms with Gasteiger partial charge in [-0.25, -0.2) is 4.39 Å². The van der Waals surface area contributed by atoms with Crippen molar-refractivity contribution in [3.63, 3.8) is 0 Å². The number of nitrogen functional groups attached to an aromatic ring is 1. The van der Waals surface area contributed by atoms with E-state index in [2.05, 4.69) is 15.9 Å². The Balaban J connectivity index is 2.19. The minimum absolute atomic E-state index is 0.195. The summed E-state index contributed by atoms with van der Waals surface area (Å²) in [5.74, 6) is -0.561. The Hall–Kier alpha value is -1.88. The molecular weight excluding hydrogens is 323 g/mol. The number of hydrogen-bond donors (Lipinski definition) is 1. The van der Waals surface area contributed by atoms with Crippen molar-refractivity contribution in [2.75, 3.05) is 12.8 Å². The maximum Gasteiger partial charge on any atom is 0.255 e. The van der Waals surface area contributed by atoms with Crippen molar-refractivity contribution in [2.24, 2.45) is 0 Å². The zero-order valence-electron chi connectivity index (χ0n) is 10.9. The Morgan fingerprint density at radius 2 is 2.00 bits per heavy atom. The molecule has 0 aliphatic rings. The molecule has 0 saturated heterocycles. The first-order valence-electron chi connectivity index (χ1n) is 6.03. The summed E-state index contributed by atoms with van der Waals surface area (Å²) in [4.78, 5) is 13.7. The maximum absolute atomic E-state index is 13.6. The smallest absolute Gasteiger partial charge is 0.255 e. The Labute approximate surface area is 125 Å². The third kappa shape index (κ3) is 3.17. The zero-order valence-corrected chi connectivity index (χ0v) is 12.5. The van der Waals surface area contributed by atoms with Crippen LogP contribution in [0.1, 0.15) is 15.9 Å². The topological polar surface area (TPSA) is 46.3 Å². The summed E-state index contributed by atoms with van der Waals surface area (Å²) in [6, 6.07) is 11.5. The Kier molecular flexibility index (Phi) is 4.39. The quantitative estimate of drug-likeness (QED) is 0.872. The summed E-state index contributed by atoms with van der Waals surface area (Å²) in [7, 11) is 1.62. The van der Waals surface area contributed by atoms with Crippen LogP contribution in [0.15, 0.2) is 46.9 Å². The van der Waals surface area contributed by atoms with Crippen LogP contribution in [0, 0.1) is 5.82 Å². The van der Waals surface area contributed by atoms with Gasteiger partial charge in [0.1, 0.15) is 5.82 Å². The van der Waals surface area contributed by atoms with Crippen molar-refractivity contribution in [1.82, 2.24) is 4.90 Å². The first-order chi connectivity index (χ1) is 9.49. The van der Waals surface area contributed by atoms with E-state index in [9.17, 15) is 9.18 Å². The molecule has 5 heteroatoms. The van der Waals surface area contributed by atoms with Crippen LogP contribution in [-0.2, 0) is 6.54 Å². The number of hydrogen-bond acceptors (Lipinski definition) is 2. The van der Waals surface area contributed by atoms with E-state index in [1.54, 1.807) is 43.4 Å². The minimum atomic E-state index is -0.323. The normalized spacial score (nSPS) is 10.3. The molecule has 0 radical (unpaired) electrons. The van der Waals surface area contributed by atoms with E-state index < -0.39 is 0 Å². The Morgan fingerprint density at radius 1 is 1.30 bits per heavy atom. The van der Waals surface area contributed by atoms with E-state index in [1.807, 2.05) is 0 Å². The molecule has 20 heavy (non-hydrogen) atoms. The average Bonchev–Trinajstić information content (AvgIpc) is 2.40. The highest BCUT2D eigenvalue weighted by Gasteiger charge is 2.16. The van der Waals surface area contributed by atoms with Gasteiger partial charge in [-0.1, -0.05) is 34.1 Å². The molecule has 0 bridgehead atoms. The van der Waals surface area contributed by atoms with Crippen molar-refractivity contribution in [3.8, 4) is 0 Å². The lowest BCUT2D eigenvalue weighted by molar-refractivity contribution is 0.0785. The van der Waals surface area contributed by atoms with Gasteiger partial charge in [0.2, 0.25) is 0 Å². The molecule has 0 spiro atoms. The molecule has 0 atom stereocenters. The van der Waals surface area contributed by atoms with E-state index in [1.165, 1.54) is 11.0 Å². The van der Waals surface area contributed by atoms with Crippen LogP contribution in [0.3, 0.4) is 0 Å². The monoisotopic (exact) mass is 336 g/mol. The first kappa shape index (κ1) is 14.5. The van der Waals surface area contributed by atoms with Gasteiger partial charge < -0.3 is 10.6 Å². The van der Waals surface area contributed by atoms with Gasteiger partial charge in [0, 0.05) is 29.3 Å². The molecule has 1 amide bonds. The second-order valence-corrected chi connectivity index (χ2v) is 5.40. The van der Waals surface area contributed by atoms with Crippen LogP contribution in [-0.4, -0.2) is 17.9 Å². The van der Waals surface area contributed by atoms with Crippen LogP contribution >= 0.6 is 15.9 Å². The predicted molar refractivity (Wildman–Crippen MR) is 80.8 cm³/mol. The lowest BCUT2D eigenvalue weighted by Crippen LogP contribution is -2.27. The van der Waals surface area contributed by atoms with E-state index >= 15 is 0 Å². The van der Waals surface area contributed by atoms with Crippen molar-refractivity contribution in [3.05, 3.63) is 63.9 Å². The number of nitrogens with two attached hydrogens (primary N) is 1. The van der Waals surface area contributed by atoms with Crippen LogP contribution in [0.5, 0.6) is 0 Å². The molecule has 2 aromatic carbocycles. The maximum atomic E-state index is 13.6. The Bertz CT molecular complexity index is 646. The largest absolute Gasteiger partial charge is 0.398 e. The number of carbonyl (C=O) groups is 1. The summed E-state index contributed by atoms with van der Waals surface area (Å²) >= 11 is 3.29. The van der Waals surface area contributed by atoms with Gasteiger partial charge in [0.15, 0.2) is 0 Å². The van der Waals surface area contributed by atoms with Gasteiger partial charge in [-0.3, -0.25) is 4.79 Å². The summed E-state index contributed by atoms with van der Waals surface area (Å²) in [5, 5.41) is 0. The van der Waals surface area contributed by atoms with Crippen LogP contribution in [0.25, 0.3) is 0 Å². The molecule has 0 heterocycles. The second kappa shape index (κ2) is 6.05. The molecule has 2 aromatic rings. The van der Waals surface area contributed by atoms with Crippen LogP contribution in [0.4, 0.5) is 10.1 Å². The standard InChI is InChI=1S/C15H14BrFN2O/c1-19(9-10-4-2-3-5-13(10)17)15(20)12-7-6-11(16)8-14(12)18/h2-8H,9,18H2,1H3. The highest BCUT2D eigenvalue weighted by atomic mass is 79.9. The summed E-state index contributed by atoms with van der Waals surface area (Å²) in [6.45, 7) is 0.195. The number of nitrogens with zero attached hydrogens (tertiary/aromatic N) is 1. The molecule has 2 rings (SSSR count). The van der Waals surface area contributed by atoms with Crippen LogP contribution in [0.2, 0.25) is 0 Å². The van der Waals surface area contributed by atoms with Gasteiger partial charge in [0.05, 0.1) is 5.56 Å². The fourth-order valence-corrected chi connectivity index (χ4v) is 2.27. The van der Waals surface area contributed by atoms with E-state index in [0.29, 0.717) is 16.8 Å². The number of halogens is 2. The highest BCUT2D eigenvalue weighted by molar-refractivity contribution is 9.10. The number of benzene rings is 2. The van der Waals surface area contributed by atoms with Gasteiger partial charge in [-0.05, 0) is 24.3 Å². The molecule has 0 unspecified atom stereocenters. The van der Waals surface area contributed by atoms with E-state index in [4.69, 9.17) is 5.73 Å². The third-order valence-electron chi connectivity index (χ3n) is 2.96. The second-order valence-electron chi connectivity index (χ2n) is 4.48. The number of amides is 1. The predicted octanol–water partition coefficient (Wildman–Crippen LogP) is 3.44. The molecule has 0 aromatic heterocycles. The minimum Gasteiger partial charge on any atom is -0.398 e. The van der Waals surface area contributed by atoms with Crippen LogP contribution < -0.4 is 5.73 Å². The lowest BCUT2D eigenvalue weighted by Gasteiger charge is -2.18. The van der Waals surface area contributed by atoms with Gasteiger partial charge >= 0.3 is 0 Å². The number of anilines is 1. The summed E-state index contributed by atoms with van der Waals surface area (Å²) in [5.41, 5.74) is 7.11. The number of rotatable bonds is 3. The molecule has 0 aliphatic carbocycles. The molecule has 3 nitrogen and oxygen atoms in total. The SMILES string of the molecule is CN(Cc1ccccc1F)C(=O)c1ccc(Br)cc1N. The molecule has 2 N–H and O–H groups in total. The Morgan fingerprint density at radius 3 is 2.65 bits per heavy atom. The van der Waals surface area contributed by atoms with Gasteiger partial charge in [0.25, 0.3) is 5.91 Å².